The quantitative estimate of drug-likeness (QED) is 0.476. The Morgan fingerprint density at radius 1 is 0.857 bits per heavy atom. The highest BCUT2D eigenvalue weighted by Gasteiger charge is 2.23. The summed E-state index contributed by atoms with van der Waals surface area (Å²) in [5.41, 5.74) is 3.81. The third-order valence-electron chi connectivity index (χ3n) is 6.29. The predicted octanol–water partition coefficient (Wildman–Crippen LogP) is 4.57. The third-order valence-corrected chi connectivity index (χ3v) is 7.41. The summed E-state index contributed by atoms with van der Waals surface area (Å²) in [6.07, 6.45) is 4.98. The van der Waals surface area contributed by atoms with Gasteiger partial charge in [0.05, 0.1) is 24.1 Å². The molecule has 6 nitrogen and oxygen atoms in total. The standard InChI is InChI=1S/C28H33N3O3S/c1-35(33,34)31(22-23-11-4-2-5-12-23)27-16-7-6-15-26(27)28(32)29-20-24-13-10-14-25(19-24)21-30-17-8-3-9-18-30/h2,4-7,10-16,19H,3,8-9,17-18,20-22H2,1H3,(H,29,32). The molecule has 3 aromatic rings. The minimum atomic E-state index is -3.61. The van der Waals surface area contributed by atoms with Crippen LogP contribution in [0.5, 0.6) is 0 Å². The molecular formula is C28H33N3O3S. The molecule has 0 spiro atoms. The lowest BCUT2D eigenvalue weighted by molar-refractivity contribution is 0.0951. The molecule has 0 bridgehead atoms. The van der Waals surface area contributed by atoms with Crippen molar-refractivity contribution in [3.8, 4) is 0 Å². The molecule has 1 amide bonds. The smallest absolute Gasteiger partial charge is 0.253 e. The zero-order valence-corrected chi connectivity index (χ0v) is 21.0. The molecule has 0 saturated carbocycles. The van der Waals surface area contributed by atoms with Crippen molar-refractivity contribution < 1.29 is 13.2 Å². The lowest BCUT2D eigenvalue weighted by Gasteiger charge is -2.26. The Bertz CT molecular complexity index is 1240. The highest BCUT2D eigenvalue weighted by atomic mass is 32.2. The maximum Gasteiger partial charge on any atom is 0.253 e. The van der Waals surface area contributed by atoms with Gasteiger partial charge < -0.3 is 5.32 Å². The Labute approximate surface area is 208 Å². The summed E-state index contributed by atoms with van der Waals surface area (Å²) in [6, 6.07) is 24.5. The van der Waals surface area contributed by atoms with Gasteiger partial charge in [0.15, 0.2) is 0 Å². The van der Waals surface area contributed by atoms with Crippen molar-refractivity contribution in [1.29, 1.82) is 0 Å². The monoisotopic (exact) mass is 491 g/mol. The highest BCUT2D eigenvalue weighted by Crippen LogP contribution is 2.25. The predicted molar refractivity (Wildman–Crippen MR) is 141 cm³/mol. The van der Waals surface area contributed by atoms with Crippen LogP contribution in [0, 0.1) is 0 Å². The number of hydrogen-bond donors (Lipinski definition) is 1. The van der Waals surface area contributed by atoms with E-state index < -0.39 is 10.0 Å². The topological polar surface area (TPSA) is 69.7 Å². The summed E-state index contributed by atoms with van der Waals surface area (Å²) in [6.45, 7) is 3.73. The number of sulfonamides is 1. The molecule has 1 aliphatic rings. The van der Waals surface area contributed by atoms with Crippen LogP contribution in [0.3, 0.4) is 0 Å². The van der Waals surface area contributed by atoms with Gasteiger partial charge in [-0.25, -0.2) is 8.42 Å². The minimum absolute atomic E-state index is 0.155. The van der Waals surface area contributed by atoms with Crippen molar-refractivity contribution >= 4 is 21.6 Å². The minimum Gasteiger partial charge on any atom is -0.348 e. The molecule has 184 valence electrons. The van der Waals surface area contributed by atoms with E-state index in [9.17, 15) is 13.2 Å². The van der Waals surface area contributed by atoms with Gasteiger partial charge in [0.25, 0.3) is 5.91 Å². The largest absolute Gasteiger partial charge is 0.348 e. The second kappa shape index (κ2) is 11.5. The summed E-state index contributed by atoms with van der Waals surface area (Å²) in [7, 11) is -3.61. The molecule has 0 atom stereocenters. The molecule has 0 aliphatic carbocycles. The molecule has 0 unspecified atom stereocenters. The fourth-order valence-corrected chi connectivity index (χ4v) is 5.40. The average molecular weight is 492 g/mol. The first-order valence-corrected chi connectivity index (χ1v) is 13.9. The molecule has 1 heterocycles. The van der Waals surface area contributed by atoms with E-state index in [0.29, 0.717) is 17.8 Å². The van der Waals surface area contributed by atoms with Gasteiger partial charge in [0.1, 0.15) is 0 Å². The van der Waals surface area contributed by atoms with E-state index in [0.717, 1.165) is 30.8 Å². The number of nitrogens with zero attached hydrogens (tertiary/aromatic N) is 2. The van der Waals surface area contributed by atoms with Crippen molar-refractivity contribution in [2.75, 3.05) is 23.7 Å². The molecule has 35 heavy (non-hydrogen) atoms. The van der Waals surface area contributed by atoms with Crippen molar-refractivity contribution in [2.45, 2.75) is 38.9 Å². The van der Waals surface area contributed by atoms with E-state index in [1.165, 1.54) is 35.4 Å². The van der Waals surface area contributed by atoms with E-state index >= 15 is 0 Å². The van der Waals surface area contributed by atoms with Crippen LogP contribution in [0.2, 0.25) is 0 Å². The fraction of sp³-hybridized carbons (Fsp3) is 0.321. The SMILES string of the molecule is CS(=O)(=O)N(Cc1ccccc1)c1ccccc1C(=O)NCc1cccc(CN2CCCCC2)c1. The van der Waals surface area contributed by atoms with Crippen LogP contribution >= 0.6 is 0 Å². The lowest BCUT2D eigenvalue weighted by atomic mass is 10.1. The number of benzene rings is 3. The first kappa shape index (κ1) is 24.9. The van der Waals surface area contributed by atoms with Crippen LogP contribution < -0.4 is 9.62 Å². The molecule has 7 heteroatoms. The number of hydrogen-bond acceptors (Lipinski definition) is 4. The Balaban J connectivity index is 1.48. The Hall–Kier alpha value is -3.16. The number of carbonyl (C=O) groups excluding carboxylic acids is 1. The second-order valence-electron chi connectivity index (χ2n) is 9.11. The number of nitrogens with one attached hydrogen (secondary N) is 1. The summed E-state index contributed by atoms with van der Waals surface area (Å²) in [5, 5.41) is 2.98. The van der Waals surface area contributed by atoms with Crippen LogP contribution in [-0.2, 0) is 29.7 Å². The van der Waals surface area contributed by atoms with Gasteiger partial charge in [-0.3, -0.25) is 14.0 Å². The van der Waals surface area contributed by atoms with E-state index in [4.69, 9.17) is 0 Å². The molecule has 1 N–H and O–H groups in total. The number of rotatable bonds is 9. The van der Waals surface area contributed by atoms with Crippen LogP contribution in [-0.4, -0.2) is 38.6 Å². The van der Waals surface area contributed by atoms with Gasteiger partial charge >= 0.3 is 0 Å². The Morgan fingerprint density at radius 3 is 2.26 bits per heavy atom. The molecule has 1 aliphatic heterocycles. The maximum absolute atomic E-state index is 13.2. The normalized spacial score (nSPS) is 14.4. The number of carbonyl (C=O) groups is 1. The second-order valence-corrected chi connectivity index (χ2v) is 11.0. The van der Waals surface area contributed by atoms with Crippen LogP contribution in [0.15, 0.2) is 78.9 Å². The van der Waals surface area contributed by atoms with Crippen molar-refractivity contribution in [3.63, 3.8) is 0 Å². The first-order valence-electron chi connectivity index (χ1n) is 12.1. The summed E-state index contributed by atoms with van der Waals surface area (Å²) in [5.74, 6) is -0.302. The van der Waals surface area contributed by atoms with Crippen LogP contribution in [0.4, 0.5) is 5.69 Å². The van der Waals surface area contributed by atoms with Gasteiger partial charge in [0.2, 0.25) is 10.0 Å². The van der Waals surface area contributed by atoms with Gasteiger partial charge in [0, 0.05) is 13.1 Å². The van der Waals surface area contributed by atoms with Crippen LogP contribution in [0.25, 0.3) is 0 Å². The summed E-state index contributed by atoms with van der Waals surface area (Å²) >= 11 is 0. The van der Waals surface area contributed by atoms with E-state index in [2.05, 4.69) is 22.3 Å². The number of piperidine rings is 1. The molecular weight excluding hydrogens is 458 g/mol. The van der Waals surface area contributed by atoms with Gasteiger partial charge in [-0.2, -0.15) is 0 Å². The summed E-state index contributed by atoms with van der Waals surface area (Å²) in [4.78, 5) is 15.7. The Morgan fingerprint density at radius 2 is 1.51 bits per heavy atom. The molecule has 4 rings (SSSR count). The molecule has 1 saturated heterocycles. The molecule has 3 aromatic carbocycles. The average Bonchev–Trinajstić information content (AvgIpc) is 2.87. The molecule has 0 radical (unpaired) electrons. The lowest BCUT2D eigenvalue weighted by Crippen LogP contribution is -2.32. The Kier molecular flexibility index (Phi) is 8.21. The van der Waals surface area contributed by atoms with E-state index in [1.54, 1.807) is 24.3 Å². The first-order chi connectivity index (χ1) is 16.9. The van der Waals surface area contributed by atoms with Gasteiger partial charge in [-0.1, -0.05) is 73.2 Å². The number of anilines is 1. The summed E-state index contributed by atoms with van der Waals surface area (Å²) < 4.78 is 26.7. The fourth-order valence-electron chi connectivity index (χ4n) is 4.50. The van der Waals surface area contributed by atoms with E-state index in [-0.39, 0.29) is 12.5 Å². The van der Waals surface area contributed by atoms with Gasteiger partial charge in [-0.05, 0) is 54.8 Å². The number of para-hydroxylation sites is 1. The van der Waals surface area contributed by atoms with Gasteiger partial charge in [-0.15, -0.1) is 0 Å². The highest BCUT2D eigenvalue weighted by molar-refractivity contribution is 7.92. The van der Waals surface area contributed by atoms with Crippen molar-refractivity contribution in [1.82, 2.24) is 10.2 Å². The maximum atomic E-state index is 13.2. The third kappa shape index (κ3) is 6.93. The number of amides is 1. The van der Waals surface area contributed by atoms with Crippen molar-refractivity contribution in [2.24, 2.45) is 0 Å². The molecule has 1 fully saturated rings. The number of likely N-dealkylation sites (tertiary alicyclic amines) is 1. The zero-order chi connectivity index (χ0) is 24.7. The van der Waals surface area contributed by atoms with Crippen molar-refractivity contribution in [3.05, 3.63) is 101 Å². The molecule has 0 aromatic heterocycles. The zero-order valence-electron chi connectivity index (χ0n) is 20.2. The van der Waals surface area contributed by atoms with Crippen LogP contribution in [0.1, 0.15) is 46.3 Å². The van der Waals surface area contributed by atoms with E-state index in [1.807, 2.05) is 42.5 Å².